The number of nitrogens with one attached hydrogen (secondary N) is 2. The van der Waals surface area contributed by atoms with Gasteiger partial charge in [-0.25, -0.2) is 9.97 Å². The zero-order valence-corrected chi connectivity index (χ0v) is 14.3. The van der Waals surface area contributed by atoms with Crippen molar-refractivity contribution in [1.29, 1.82) is 0 Å². The fourth-order valence-corrected chi connectivity index (χ4v) is 4.20. The molecule has 5 rings (SSSR count). The van der Waals surface area contributed by atoms with Crippen molar-refractivity contribution in [2.75, 3.05) is 18.4 Å². The van der Waals surface area contributed by atoms with E-state index in [9.17, 15) is 0 Å². The molecule has 2 N–H and O–H groups in total. The van der Waals surface area contributed by atoms with Crippen LogP contribution in [0.5, 0.6) is 0 Å². The molecule has 1 saturated heterocycles. The Morgan fingerprint density at radius 2 is 2.20 bits per heavy atom. The molecule has 5 heteroatoms. The Kier molecular flexibility index (Phi) is 3.67. The monoisotopic (exact) mass is 333 g/mol. The molecule has 1 atom stereocenters. The molecule has 2 aliphatic heterocycles. The minimum absolute atomic E-state index is 0.416. The summed E-state index contributed by atoms with van der Waals surface area (Å²) in [6.45, 7) is 3.19. The van der Waals surface area contributed by atoms with Crippen LogP contribution in [0.2, 0.25) is 0 Å². The molecule has 2 aromatic heterocycles. The molecule has 0 radical (unpaired) electrons. The summed E-state index contributed by atoms with van der Waals surface area (Å²) in [5.74, 6) is 0.734. The minimum Gasteiger partial charge on any atom is -0.350 e. The predicted octanol–water partition coefficient (Wildman–Crippen LogP) is 3.21. The van der Waals surface area contributed by atoms with Crippen LogP contribution in [0.15, 0.2) is 36.7 Å². The first-order valence-corrected chi connectivity index (χ1v) is 9.30. The van der Waals surface area contributed by atoms with Crippen LogP contribution in [0.4, 0.5) is 5.95 Å². The summed E-state index contributed by atoms with van der Waals surface area (Å²) >= 11 is 0. The maximum absolute atomic E-state index is 4.82. The molecule has 0 saturated carbocycles. The van der Waals surface area contributed by atoms with Crippen LogP contribution in [-0.4, -0.2) is 33.7 Å². The Balaban J connectivity index is 1.52. The SMILES string of the molecule is c1cc2c3c(c1)c(-c1ccnc(N[C@H]4CCCNC4)n1)cn3CCC2. The number of benzene rings is 1. The molecule has 0 spiro atoms. The second-order valence-electron chi connectivity index (χ2n) is 7.11. The van der Waals surface area contributed by atoms with E-state index >= 15 is 0 Å². The molecule has 5 nitrogen and oxygen atoms in total. The summed E-state index contributed by atoms with van der Waals surface area (Å²) in [7, 11) is 0. The standard InChI is InChI=1S/C20H23N5/c1-4-14-5-3-11-25-13-17(16(7-1)19(14)25)18-8-10-22-20(24-18)23-15-6-2-9-21-12-15/h1,4,7-8,10,13,15,21H,2-3,5-6,9,11-12H2,(H,22,23,24)/t15-/m0/s1. The lowest BCUT2D eigenvalue weighted by molar-refractivity contribution is 0.478. The van der Waals surface area contributed by atoms with Gasteiger partial charge in [-0.3, -0.25) is 0 Å². The van der Waals surface area contributed by atoms with Crippen molar-refractivity contribution >= 4 is 16.9 Å². The quantitative estimate of drug-likeness (QED) is 0.773. The number of nitrogens with zero attached hydrogens (tertiary/aromatic N) is 3. The molecule has 3 aromatic rings. The molecule has 25 heavy (non-hydrogen) atoms. The van der Waals surface area contributed by atoms with Crippen molar-refractivity contribution in [2.45, 2.75) is 38.3 Å². The Bertz CT molecular complexity index is 908. The first kappa shape index (κ1) is 14.9. The number of piperidine rings is 1. The summed E-state index contributed by atoms with van der Waals surface area (Å²) in [4.78, 5) is 9.26. The van der Waals surface area contributed by atoms with Crippen LogP contribution in [0.1, 0.15) is 24.8 Å². The Labute approximate surface area is 147 Å². The number of anilines is 1. The predicted molar refractivity (Wildman–Crippen MR) is 101 cm³/mol. The summed E-state index contributed by atoms with van der Waals surface area (Å²) < 4.78 is 2.39. The lowest BCUT2D eigenvalue weighted by Crippen LogP contribution is -2.38. The van der Waals surface area contributed by atoms with E-state index in [1.165, 1.54) is 47.7 Å². The summed E-state index contributed by atoms with van der Waals surface area (Å²) in [6, 6.07) is 9.08. The fraction of sp³-hybridized carbons (Fsp3) is 0.400. The lowest BCUT2D eigenvalue weighted by Gasteiger charge is -2.23. The molecule has 0 aliphatic carbocycles. The smallest absolute Gasteiger partial charge is 0.223 e. The molecule has 128 valence electrons. The number of para-hydroxylation sites is 1. The van der Waals surface area contributed by atoms with E-state index in [0.717, 1.165) is 31.3 Å². The Morgan fingerprint density at radius 1 is 1.20 bits per heavy atom. The number of hydrogen-bond acceptors (Lipinski definition) is 4. The molecule has 2 aliphatic rings. The Hall–Kier alpha value is -2.40. The van der Waals surface area contributed by atoms with Gasteiger partial charge >= 0.3 is 0 Å². The third-order valence-corrected chi connectivity index (χ3v) is 5.39. The van der Waals surface area contributed by atoms with Gasteiger partial charge < -0.3 is 15.2 Å². The first-order valence-electron chi connectivity index (χ1n) is 9.30. The molecule has 1 aromatic carbocycles. The average Bonchev–Trinajstić information content (AvgIpc) is 3.04. The maximum atomic E-state index is 4.82. The van der Waals surface area contributed by atoms with E-state index in [2.05, 4.69) is 44.6 Å². The Morgan fingerprint density at radius 3 is 3.12 bits per heavy atom. The summed E-state index contributed by atoms with van der Waals surface area (Å²) in [5, 5.41) is 8.23. The molecule has 4 heterocycles. The van der Waals surface area contributed by atoms with Crippen LogP contribution >= 0.6 is 0 Å². The maximum Gasteiger partial charge on any atom is 0.223 e. The van der Waals surface area contributed by atoms with Gasteiger partial charge in [0.25, 0.3) is 0 Å². The van der Waals surface area contributed by atoms with Crippen LogP contribution < -0.4 is 10.6 Å². The van der Waals surface area contributed by atoms with Crippen molar-refractivity contribution in [3.63, 3.8) is 0 Å². The van der Waals surface area contributed by atoms with Crippen LogP contribution in [-0.2, 0) is 13.0 Å². The van der Waals surface area contributed by atoms with Gasteiger partial charge in [0.1, 0.15) is 0 Å². The second kappa shape index (κ2) is 6.15. The van der Waals surface area contributed by atoms with Gasteiger partial charge in [0.15, 0.2) is 0 Å². The number of aromatic nitrogens is 3. The van der Waals surface area contributed by atoms with E-state index in [4.69, 9.17) is 4.98 Å². The molecule has 1 fully saturated rings. The second-order valence-corrected chi connectivity index (χ2v) is 7.11. The highest BCUT2D eigenvalue weighted by Gasteiger charge is 2.18. The van der Waals surface area contributed by atoms with Crippen molar-refractivity contribution in [3.8, 4) is 11.3 Å². The van der Waals surface area contributed by atoms with Crippen molar-refractivity contribution in [1.82, 2.24) is 19.9 Å². The fourth-order valence-electron chi connectivity index (χ4n) is 4.20. The molecule has 0 bridgehead atoms. The van der Waals surface area contributed by atoms with Crippen LogP contribution in [0.25, 0.3) is 22.2 Å². The summed E-state index contributed by atoms with van der Waals surface area (Å²) in [5.41, 5.74) is 5.05. The zero-order valence-electron chi connectivity index (χ0n) is 14.3. The highest BCUT2D eigenvalue weighted by Crippen LogP contribution is 2.34. The van der Waals surface area contributed by atoms with Gasteiger partial charge in [-0.05, 0) is 43.9 Å². The largest absolute Gasteiger partial charge is 0.350 e. The van der Waals surface area contributed by atoms with Gasteiger partial charge in [-0.15, -0.1) is 0 Å². The molecular formula is C20H23N5. The average molecular weight is 333 g/mol. The third-order valence-electron chi connectivity index (χ3n) is 5.39. The van der Waals surface area contributed by atoms with Crippen molar-refractivity contribution in [3.05, 3.63) is 42.2 Å². The van der Waals surface area contributed by atoms with Gasteiger partial charge in [0, 0.05) is 42.5 Å². The molecular weight excluding hydrogens is 310 g/mol. The molecule has 0 amide bonds. The number of aryl methyl sites for hydroxylation is 2. The van der Waals surface area contributed by atoms with E-state index in [-0.39, 0.29) is 0 Å². The third kappa shape index (κ3) is 2.68. The van der Waals surface area contributed by atoms with Crippen molar-refractivity contribution in [2.24, 2.45) is 0 Å². The number of rotatable bonds is 3. The van der Waals surface area contributed by atoms with Crippen LogP contribution in [0.3, 0.4) is 0 Å². The van der Waals surface area contributed by atoms with Gasteiger partial charge in [0.05, 0.1) is 11.2 Å². The van der Waals surface area contributed by atoms with E-state index in [0.29, 0.717) is 6.04 Å². The van der Waals surface area contributed by atoms with Gasteiger partial charge in [-0.1, -0.05) is 18.2 Å². The highest BCUT2D eigenvalue weighted by atomic mass is 15.1. The topological polar surface area (TPSA) is 54.8 Å². The lowest BCUT2D eigenvalue weighted by atomic mass is 10.0. The van der Waals surface area contributed by atoms with Crippen LogP contribution in [0, 0.1) is 0 Å². The van der Waals surface area contributed by atoms with Crippen molar-refractivity contribution < 1.29 is 0 Å². The molecule has 0 unspecified atom stereocenters. The highest BCUT2D eigenvalue weighted by molar-refractivity contribution is 5.97. The van der Waals surface area contributed by atoms with E-state index < -0.39 is 0 Å². The van der Waals surface area contributed by atoms with E-state index in [1.54, 1.807) is 0 Å². The summed E-state index contributed by atoms with van der Waals surface area (Å²) in [6.07, 6.45) is 8.89. The first-order chi connectivity index (χ1) is 12.4. The zero-order chi connectivity index (χ0) is 16.6. The number of hydrogen-bond donors (Lipinski definition) is 2. The minimum atomic E-state index is 0.416. The van der Waals surface area contributed by atoms with Gasteiger partial charge in [-0.2, -0.15) is 0 Å². The normalized spacial score (nSPS) is 19.9. The van der Waals surface area contributed by atoms with E-state index in [1.807, 2.05) is 12.3 Å². The van der Waals surface area contributed by atoms with Gasteiger partial charge in [0.2, 0.25) is 5.95 Å².